The van der Waals surface area contributed by atoms with Gasteiger partial charge in [-0.1, -0.05) is 17.7 Å². The molecule has 3 aromatic rings. The normalized spacial score (nSPS) is 12.4. The first kappa shape index (κ1) is 15.2. The van der Waals surface area contributed by atoms with E-state index in [1.807, 2.05) is 6.07 Å². The molecule has 0 saturated heterocycles. The summed E-state index contributed by atoms with van der Waals surface area (Å²) in [6.07, 6.45) is 1.48. The summed E-state index contributed by atoms with van der Waals surface area (Å²) in [6, 6.07) is 7.77. The molecule has 1 unspecified atom stereocenters. The van der Waals surface area contributed by atoms with Crippen molar-refractivity contribution in [3.05, 3.63) is 51.9 Å². The van der Waals surface area contributed by atoms with Gasteiger partial charge in [-0.3, -0.25) is 9.36 Å². The second kappa shape index (κ2) is 5.48. The minimum Gasteiger partial charge on any atom is -0.480 e. The number of carboxylic acid groups (broad SMARTS) is 1. The third-order valence-corrected chi connectivity index (χ3v) is 4.12. The second-order valence-corrected chi connectivity index (χ2v) is 5.70. The van der Waals surface area contributed by atoms with Gasteiger partial charge in [0.15, 0.2) is 0 Å². The van der Waals surface area contributed by atoms with Gasteiger partial charge in [0.1, 0.15) is 11.6 Å². The molecule has 2 aromatic heterocycles. The summed E-state index contributed by atoms with van der Waals surface area (Å²) in [5, 5.41) is 10.2. The Bertz CT molecular complexity index is 974. The lowest BCUT2D eigenvalue weighted by Gasteiger charge is -2.09. The average Bonchev–Trinajstić information content (AvgIpc) is 2.95. The van der Waals surface area contributed by atoms with Gasteiger partial charge in [0.05, 0.1) is 10.7 Å². The van der Waals surface area contributed by atoms with Crippen LogP contribution in [0.15, 0.2) is 41.3 Å². The summed E-state index contributed by atoms with van der Waals surface area (Å²) >= 11 is 6.03. The minimum atomic E-state index is -1.07. The number of hydrogen-bond acceptors (Lipinski definition) is 3. The summed E-state index contributed by atoms with van der Waals surface area (Å²) in [6.45, 7) is 1.46. The number of carboxylic acids is 1. The zero-order valence-corrected chi connectivity index (χ0v) is 13.0. The van der Waals surface area contributed by atoms with E-state index in [-0.39, 0.29) is 5.56 Å². The largest absolute Gasteiger partial charge is 0.480 e. The Morgan fingerprint density at radius 1 is 1.35 bits per heavy atom. The summed E-state index contributed by atoms with van der Waals surface area (Å²) in [5.41, 5.74) is 7.64. The van der Waals surface area contributed by atoms with E-state index in [9.17, 15) is 9.59 Å². The number of anilines is 1. The Kier molecular flexibility index (Phi) is 3.61. The molecule has 0 aliphatic heterocycles. The number of fused-ring (bicyclic) bond motifs is 1. The minimum absolute atomic E-state index is 0.351. The van der Waals surface area contributed by atoms with Gasteiger partial charge in [-0.15, -0.1) is 0 Å². The maximum Gasteiger partial charge on any atom is 0.326 e. The molecule has 0 radical (unpaired) electrons. The predicted octanol–water partition coefficient (Wildman–Crippen LogP) is 2.88. The number of pyridine rings is 1. The highest BCUT2D eigenvalue weighted by Gasteiger charge is 2.17. The molecule has 118 valence electrons. The fourth-order valence-electron chi connectivity index (χ4n) is 2.41. The van der Waals surface area contributed by atoms with Crippen LogP contribution in [0.25, 0.3) is 22.2 Å². The number of H-pyrrole nitrogens is 1. The molecule has 2 heterocycles. The van der Waals surface area contributed by atoms with Crippen LogP contribution in [-0.2, 0) is 4.79 Å². The molecule has 0 spiro atoms. The van der Waals surface area contributed by atoms with Crippen LogP contribution in [0.5, 0.6) is 0 Å². The highest BCUT2D eigenvalue weighted by Crippen LogP contribution is 2.28. The van der Waals surface area contributed by atoms with E-state index in [1.165, 1.54) is 17.7 Å². The summed E-state index contributed by atoms with van der Waals surface area (Å²) < 4.78 is 1.18. The smallest absolute Gasteiger partial charge is 0.326 e. The second-order valence-electron chi connectivity index (χ2n) is 5.29. The third kappa shape index (κ3) is 2.57. The van der Waals surface area contributed by atoms with Gasteiger partial charge in [-0.05, 0) is 36.8 Å². The molecule has 0 saturated carbocycles. The third-order valence-electron chi connectivity index (χ3n) is 3.80. The lowest BCUT2D eigenvalue weighted by atomic mass is 10.1. The van der Waals surface area contributed by atoms with Crippen molar-refractivity contribution in [2.45, 2.75) is 13.0 Å². The zero-order chi connectivity index (χ0) is 16.7. The summed E-state index contributed by atoms with van der Waals surface area (Å²) in [5.74, 6) is -1.07. The first-order chi connectivity index (χ1) is 10.9. The molecule has 0 aliphatic carbocycles. The fraction of sp³-hybridized carbons (Fsp3) is 0.125. The maximum atomic E-state index is 12.5. The Morgan fingerprint density at radius 2 is 2.09 bits per heavy atom. The Hall–Kier alpha value is -2.73. The molecule has 0 aliphatic rings. The van der Waals surface area contributed by atoms with E-state index < -0.39 is 12.0 Å². The van der Waals surface area contributed by atoms with E-state index in [0.717, 1.165) is 5.56 Å². The summed E-state index contributed by atoms with van der Waals surface area (Å²) in [7, 11) is 0. The quantitative estimate of drug-likeness (QED) is 0.642. The standard InChI is InChI=1S/C16H14ClN3O3/c1-8(16(22)23)20-5-4-10-7-13(19-14(10)15(20)21)9-2-3-12(18)11(17)6-9/h2-8,19H,18H2,1H3,(H,22,23). The Labute approximate surface area is 136 Å². The van der Waals surface area contributed by atoms with Crippen molar-refractivity contribution in [1.82, 2.24) is 9.55 Å². The number of benzene rings is 1. The van der Waals surface area contributed by atoms with Gasteiger partial charge >= 0.3 is 5.97 Å². The van der Waals surface area contributed by atoms with Crippen molar-refractivity contribution in [3.63, 3.8) is 0 Å². The van der Waals surface area contributed by atoms with Crippen LogP contribution in [-0.4, -0.2) is 20.6 Å². The average molecular weight is 332 g/mol. The monoisotopic (exact) mass is 331 g/mol. The van der Waals surface area contributed by atoms with Gasteiger partial charge in [-0.2, -0.15) is 0 Å². The fourth-order valence-corrected chi connectivity index (χ4v) is 2.59. The number of halogens is 1. The lowest BCUT2D eigenvalue weighted by molar-refractivity contribution is -0.140. The highest BCUT2D eigenvalue weighted by molar-refractivity contribution is 6.33. The molecule has 3 rings (SSSR count). The van der Waals surface area contributed by atoms with Crippen LogP contribution in [0.4, 0.5) is 5.69 Å². The van der Waals surface area contributed by atoms with Crippen molar-refractivity contribution < 1.29 is 9.90 Å². The van der Waals surface area contributed by atoms with Gasteiger partial charge in [0, 0.05) is 17.3 Å². The Morgan fingerprint density at radius 3 is 2.74 bits per heavy atom. The number of hydrogen-bond donors (Lipinski definition) is 3. The Balaban J connectivity index is 2.16. The number of aliphatic carboxylic acids is 1. The van der Waals surface area contributed by atoms with E-state index in [1.54, 1.807) is 24.3 Å². The molecule has 1 aromatic carbocycles. The molecule has 1 atom stereocenters. The molecular weight excluding hydrogens is 318 g/mol. The van der Waals surface area contributed by atoms with Crippen molar-refractivity contribution in [2.24, 2.45) is 0 Å². The van der Waals surface area contributed by atoms with Crippen molar-refractivity contribution in [1.29, 1.82) is 0 Å². The molecule has 0 bridgehead atoms. The van der Waals surface area contributed by atoms with Crippen LogP contribution in [0.1, 0.15) is 13.0 Å². The lowest BCUT2D eigenvalue weighted by Crippen LogP contribution is -2.27. The van der Waals surface area contributed by atoms with Crippen LogP contribution in [0.2, 0.25) is 5.02 Å². The SMILES string of the molecule is CC(C(=O)O)n1ccc2cc(-c3ccc(N)c(Cl)c3)[nH]c2c1=O. The number of aromatic amines is 1. The molecule has 23 heavy (non-hydrogen) atoms. The first-order valence-corrected chi connectivity index (χ1v) is 7.28. The van der Waals surface area contributed by atoms with Crippen LogP contribution >= 0.6 is 11.6 Å². The van der Waals surface area contributed by atoms with Crippen molar-refractivity contribution in [3.8, 4) is 11.3 Å². The van der Waals surface area contributed by atoms with E-state index in [2.05, 4.69) is 4.98 Å². The maximum absolute atomic E-state index is 12.5. The van der Waals surface area contributed by atoms with Gasteiger partial charge in [0.25, 0.3) is 5.56 Å². The number of rotatable bonds is 3. The van der Waals surface area contributed by atoms with Crippen LogP contribution < -0.4 is 11.3 Å². The molecular formula is C16H14ClN3O3. The number of nitrogens with two attached hydrogens (primary N) is 1. The molecule has 0 fully saturated rings. The number of aromatic nitrogens is 2. The van der Waals surface area contributed by atoms with Gasteiger partial charge in [-0.25, -0.2) is 4.79 Å². The zero-order valence-electron chi connectivity index (χ0n) is 12.2. The topological polar surface area (TPSA) is 101 Å². The first-order valence-electron chi connectivity index (χ1n) is 6.90. The molecule has 7 heteroatoms. The van der Waals surface area contributed by atoms with E-state index in [0.29, 0.717) is 27.3 Å². The van der Waals surface area contributed by atoms with Gasteiger partial charge in [0.2, 0.25) is 0 Å². The predicted molar refractivity (Wildman–Crippen MR) is 89.8 cm³/mol. The number of nitrogens with one attached hydrogen (secondary N) is 1. The van der Waals surface area contributed by atoms with E-state index in [4.69, 9.17) is 22.4 Å². The highest BCUT2D eigenvalue weighted by atomic mass is 35.5. The van der Waals surface area contributed by atoms with Crippen molar-refractivity contribution >= 4 is 34.2 Å². The van der Waals surface area contributed by atoms with Crippen LogP contribution in [0.3, 0.4) is 0 Å². The molecule has 0 amide bonds. The van der Waals surface area contributed by atoms with Gasteiger partial charge < -0.3 is 15.8 Å². The molecule has 4 N–H and O–H groups in total. The number of carbonyl (C=O) groups is 1. The van der Waals surface area contributed by atoms with Crippen molar-refractivity contribution in [2.75, 3.05) is 5.73 Å². The summed E-state index contributed by atoms with van der Waals surface area (Å²) in [4.78, 5) is 26.6. The molecule has 6 nitrogen and oxygen atoms in total. The number of nitrogen functional groups attached to an aromatic ring is 1. The van der Waals surface area contributed by atoms with E-state index >= 15 is 0 Å². The van der Waals surface area contributed by atoms with Crippen LogP contribution in [0, 0.1) is 0 Å². The number of nitrogens with zero attached hydrogens (tertiary/aromatic N) is 1.